The van der Waals surface area contributed by atoms with Crippen LogP contribution in [0.25, 0.3) is 0 Å². The number of rotatable bonds is 2. The Morgan fingerprint density at radius 1 is 1.28 bits per heavy atom. The molecule has 2 aliphatic carbocycles. The summed E-state index contributed by atoms with van der Waals surface area (Å²) in [6.45, 7) is 0. The summed E-state index contributed by atoms with van der Waals surface area (Å²) in [5, 5.41) is 0.497. The van der Waals surface area contributed by atoms with Gasteiger partial charge in [0.05, 0.1) is 5.02 Å². The average Bonchev–Trinajstić information content (AvgIpc) is 2.84. The van der Waals surface area contributed by atoms with E-state index in [1.54, 1.807) is 12.1 Å². The van der Waals surface area contributed by atoms with Crippen LogP contribution in [0.1, 0.15) is 32.1 Å². The lowest BCUT2D eigenvalue weighted by atomic mass is 9.64. The summed E-state index contributed by atoms with van der Waals surface area (Å²) in [5.41, 5.74) is 0.0488. The molecule has 98 valence electrons. The molecule has 2 aliphatic rings. The van der Waals surface area contributed by atoms with Crippen LogP contribution in [0.4, 0.5) is 4.39 Å². The Balaban J connectivity index is 1.81. The Bertz CT molecular complexity index is 437. The van der Waals surface area contributed by atoms with Gasteiger partial charge in [0.25, 0.3) is 0 Å². The van der Waals surface area contributed by atoms with Gasteiger partial charge >= 0.3 is 0 Å². The van der Waals surface area contributed by atoms with Gasteiger partial charge in [-0.2, -0.15) is 0 Å². The summed E-state index contributed by atoms with van der Waals surface area (Å²) in [6, 6.07) is 4.61. The smallest absolute Gasteiger partial charge is 0.173 e. The Labute approximate surface area is 116 Å². The zero-order chi connectivity index (χ0) is 12.8. The molecule has 0 radical (unpaired) electrons. The lowest BCUT2D eigenvalue weighted by Gasteiger charge is -2.51. The minimum absolute atomic E-state index is 0.0110. The standard InChI is InChI=1S/C14H15Cl2FO/c15-9-4-3-5-10(17)13(9)18-12-8-11(16)14(12)6-1-2-7-14/h3-5,11-12H,1-2,6-8H2. The van der Waals surface area contributed by atoms with E-state index < -0.39 is 5.82 Å². The van der Waals surface area contributed by atoms with Gasteiger partial charge in [-0.15, -0.1) is 11.6 Å². The van der Waals surface area contributed by atoms with Gasteiger partial charge < -0.3 is 4.74 Å². The first-order valence-electron chi connectivity index (χ1n) is 6.38. The van der Waals surface area contributed by atoms with Crippen molar-refractivity contribution in [1.82, 2.24) is 0 Å². The third-order valence-electron chi connectivity index (χ3n) is 4.40. The van der Waals surface area contributed by atoms with Gasteiger partial charge in [-0.05, 0) is 25.0 Å². The molecule has 0 N–H and O–H groups in total. The SMILES string of the molecule is Fc1cccc(Cl)c1OC1CC(Cl)C12CCCC2. The van der Waals surface area contributed by atoms with Crippen molar-refractivity contribution in [2.75, 3.05) is 0 Å². The van der Waals surface area contributed by atoms with Gasteiger partial charge in [-0.25, -0.2) is 4.39 Å². The zero-order valence-corrected chi connectivity index (χ0v) is 11.5. The molecule has 18 heavy (non-hydrogen) atoms. The zero-order valence-electron chi connectivity index (χ0n) is 9.96. The highest BCUT2D eigenvalue weighted by Crippen LogP contribution is 2.57. The van der Waals surface area contributed by atoms with E-state index in [1.807, 2.05) is 0 Å². The highest BCUT2D eigenvalue weighted by molar-refractivity contribution is 6.32. The molecule has 0 aromatic heterocycles. The molecule has 3 rings (SSSR count). The molecule has 2 saturated carbocycles. The van der Waals surface area contributed by atoms with Gasteiger partial charge in [0.1, 0.15) is 6.10 Å². The Morgan fingerprint density at radius 2 is 2.00 bits per heavy atom. The fraction of sp³-hybridized carbons (Fsp3) is 0.571. The molecule has 1 spiro atoms. The summed E-state index contributed by atoms with van der Waals surface area (Å²) < 4.78 is 19.5. The molecule has 0 heterocycles. The maximum atomic E-state index is 13.7. The quantitative estimate of drug-likeness (QED) is 0.711. The normalized spacial score (nSPS) is 29.3. The van der Waals surface area contributed by atoms with Crippen molar-refractivity contribution < 1.29 is 9.13 Å². The molecule has 1 aromatic carbocycles. The van der Waals surface area contributed by atoms with Crippen LogP contribution in [0, 0.1) is 11.2 Å². The van der Waals surface area contributed by atoms with Crippen molar-refractivity contribution in [1.29, 1.82) is 0 Å². The van der Waals surface area contributed by atoms with Crippen LogP contribution in [0.15, 0.2) is 18.2 Å². The van der Waals surface area contributed by atoms with E-state index in [0.29, 0.717) is 5.02 Å². The van der Waals surface area contributed by atoms with Crippen LogP contribution in [-0.2, 0) is 0 Å². The predicted octanol–water partition coefficient (Wildman–Crippen LogP) is 4.80. The summed E-state index contributed by atoms with van der Waals surface area (Å²) in [7, 11) is 0. The van der Waals surface area contributed by atoms with Gasteiger partial charge in [0.2, 0.25) is 0 Å². The second-order valence-electron chi connectivity index (χ2n) is 5.30. The first-order valence-corrected chi connectivity index (χ1v) is 7.20. The van der Waals surface area contributed by atoms with E-state index in [-0.39, 0.29) is 22.6 Å². The molecule has 4 heteroatoms. The van der Waals surface area contributed by atoms with Crippen LogP contribution in [0.3, 0.4) is 0 Å². The lowest BCUT2D eigenvalue weighted by Crippen LogP contribution is -2.55. The van der Waals surface area contributed by atoms with Crippen LogP contribution >= 0.6 is 23.2 Å². The molecule has 2 fully saturated rings. The van der Waals surface area contributed by atoms with Crippen molar-refractivity contribution >= 4 is 23.2 Å². The number of ether oxygens (including phenoxy) is 1. The maximum Gasteiger partial charge on any atom is 0.173 e. The number of alkyl halides is 1. The van der Waals surface area contributed by atoms with Gasteiger partial charge in [0.15, 0.2) is 11.6 Å². The molecular weight excluding hydrogens is 274 g/mol. The van der Waals surface area contributed by atoms with Crippen molar-refractivity contribution in [2.24, 2.45) is 5.41 Å². The molecule has 0 amide bonds. The molecule has 2 unspecified atom stereocenters. The molecular formula is C14H15Cl2FO. The first-order chi connectivity index (χ1) is 8.63. The molecule has 0 bridgehead atoms. The number of hydrogen-bond donors (Lipinski definition) is 0. The second kappa shape index (κ2) is 4.57. The van der Waals surface area contributed by atoms with Gasteiger partial charge in [-0.3, -0.25) is 0 Å². The van der Waals surface area contributed by atoms with E-state index >= 15 is 0 Å². The van der Waals surface area contributed by atoms with E-state index in [4.69, 9.17) is 27.9 Å². The summed E-state index contributed by atoms with van der Waals surface area (Å²) in [6.07, 6.45) is 5.33. The number of para-hydroxylation sites is 1. The predicted molar refractivity (Wildman–Crippen MR) is 71.0 cm³/mol. The second-order valence-corrected chi connectivity index (χ2v) is 6.23. The van der Waals surface area contributed by atoms with Gasteiger partial charge in [-0.1, -0.05) is 30.5 Å². The largest absolute Gasteiger partial charge is 0.485 e. The Hall–Kier alpha value is -0.470. The molecule has 0 aliphatic heterocycles. The number of hydrogen-bond acceptors (Lipinski definition) is 1. The molecule has 2 atom stereocenters. The fourth-order valence-corrected chi connectivity index (χ4v) is 4.00. The summed E-state index contributed by atoms with van der Waals surface area (Å²) >= 11 is 12.3. The summed E-state index contributed by atoms with van der Waals surface area (Å²) in [5.74, 6) is -0.215. The van der Waals surface area contributed by atoms with E-state index in [0.717, 1.165) is 19.3 Å². The van der Waals surface area contributed by atoms with Crippen molar-refractivity contribution in [3.05, 3.63) is 29.0 Å². The monoisotopic (exact) mass is 288 g/mol. The molecule has 0 saturated heterocycles. The van der Waals surface area contributed by atoms with Crippen molar-refractivity contribution in [3.8, 4) is 5.75 Å². The van der Waals surface area contributed by atoms with Crippen LogP contribution in [0.5, 0.6) is 5.75 Å². The topological polar surface area (TPSA) is 9.23 Å². The lowest BCUT2D eigenvalue weighted by molar-refractivity contribution is -0.0374. The van der Waals surface area contributed by atoms with Crippen LogP contribution in [0.2, 0.25) is 5.02 Å². The van der Waals surface area contributed by atoms with E-state index in [9.17, 15) is 4.39 Å². The molecule has 1 nitrogen and oxygen atoms in total. The highest BCUT2D eigenvalue weighted by Gasteiger charge is 2.57. The Kier molecular flexibility index (Phi) is 3.19. The van der Waals surface area contributed by atoms with E-state index in [2.05, 4.69) is 0 Å². The van der Waals surface area contributed by atoms with E-state index in [1.165, 1.54) is 18.9 Å². The van der Waals surface area contributed by atoms with Crippen LogP contribution in [-0.4, -0.2) is 11.5 Å². The average molecular weight is 289 g/mol. The Morgan fingerprint density at radius 3 is 2.61 bits per heavy atom. The van der Waals surface area contributed by atoms with Crippen molar-refractivity contribution in [2.45, 2.75) is 43.6 Å². The third kappa shape index (κ3) is 1.81. The number of halogens is 3. The van der Waals surface area contributed by atoms with Gasteiger partial charge in [0, 0.05) is 17.2 Å². The first kappa shape index (κ1) is 12.6. The third-order valence-corrected chi connectivity index (χ3v) is 5.31. The van der Waals surface area contributed by atoms with Crippen LogP contribution < -0.4 is 4.74 Å². The highest BCUT2D eigenvalue weighted by atomic mass is 35.5. The summed E-state index contributed by atoms with van der Waals surface area (Å²) in [4.78, 5) is 0. The number of benzene rings is 1. The maximum absolute atomic E-state index is 13.7. The minimum atomic E-state index is -0.395. The van der Waals surface area contributed by atoms with Crippen molar-refractivity contribution in [3.63, 3.8) is 0 Å². The molecule has 1 aromatic rings. The minimum Gasteiger partial charge on any atom is -0.485 e. The fourth-order valence-electron chi connectivity index (χ4n) is 3.27.